The van der Waals surface area contributed by atoms with E-state index in [9.17, 15) is 19.2 Å². The highest BCUT2D eigenvalue weighted by Crippen LogP contribution is 2.40. The number of alkyl carbamates (subject to hydrolysis) is 1. The minimum Gasteiger partial charge on any atom is -0.467 e. The highest BCUT2D eigenvalue weighted by atomic mass is 35.5. The van der Waals surface area contributed by atoms with Crippen LogP contribution in [0.2, 0.25) is 5.02 Å². The fourth-order valence-electron chi connectivity index (χ4n) is 5.59. The third-order valence-electron chi connectivity index (χ3n) is 7.78. The molecule has 10 heteroatoms. The summed E-state index contributed by atoms with van der Waals surface area (Å²) in [7, 11) is 1.23. The summed E-state index contributed by atoms with van der Waals surface area (Å²) in [5, 5.41) is 8.92. The molecule has 1 heterocycles. The van der Waals surface area contributed by atoms with Crippen molar-refractivity contribution in [1.82, 2.24) is 16.0 Å². The Balaban J connectivity index is 1.81. The zero-order chi connectivity index (χ0) is 31.9. The molecule has 2 aromatic rings. The lowest BCUT2D eigenvalue weighted by molar-refractivity contribution is -0.146. The lowest BCUT2D eigenvalue weighted by Gasteiger charge is -2.35. The van der Waals surface area contributed by atoms with Gasteiger partial charge in [-0.25, -0.2) is 9.59 Å². The number of esters is 1. The first-order chi connectivity index (χ1) is 20.1. The van der Waals surface area contributed by atoms with E-state index in [0.29, 0.717) is 17.9 Å². The maximum absolute atomic E-state index is 13.5. The lowest BCUT2D eigenvalue weighted by atomic mass is 9.76. The van der Waals surface area contributed by atoms with E-state index in [1.165, 1.54) is 7.11 Å². The predicted octanol–water partition coefficient (Wildman–Crippen LogP) is 5.46. The van der Waals surface area contributed by atoms with Crippen LogP contribution in [0.25, 0.3) is 0 Å². The molecule has 0 bridgehead atoms. The second-order valence-electron chi connectivity index (χ2n) is 12.8. The zero-order valence-electron chi connectivity index (χ0n) is 26.0. The molecule has 0 aliphatic carbocycles. The van der Waals surface area contributed by atoms with Gasteiger partial charge in [-0.1, -0.05) is 81.8 Å². The number of nitrogens with one attached hydrogen (secondary N) is 3. The van der Waals surface area contributed by atoms with E-state index in [-0.39, 0.29) is 18.2 Å². The standard InChI is InChI=1S/C33H44ClN3O6/c1-20(2)16-25(29(39)35-26(30(40)42-7)17-22-19-32(3,4)37-28(22)38)36-31(41)43-27(21-12-9-8-10-13-21)33(5,6)23-14-11-15-24(34)18-23/h8-15,18,20,22,25-27H,16-17,19H2,1-7H3,(H,35,39)(H,36,41)(H,37,38). The van der Waals surface area contributed by atoms with Crippen LogP contribution >= 0.6 is 11.6 Å². The van der Waals surface area contributed by atoms with Gasteiger partial charge in [-0.15, -0.1) is 0 Å². The van der Waals surface area contributed by atoms with E-state index in [0.717, 1.165) is 11.1 Å². The number of carbonyl (C=O) groups excluding carboxylic acids is 4. The van der Waals surface area contributed by atoms with Crippen LogP contribution in [0.5, 0.6) is 0 Å². The van der Waals surface area contributed by atoms with Crippen LogP contribution in [0.15, 0.2) is 54.6 Å². The van der Waals surface area contributed by atoms with Gasteiger partial charge in [0, 0.05) is 21.9 Å². The minimum atomic E-state index is -1.06. The Labute approximate surface area is 259 Å². The van der Waals surface area contributed by atoms with Crippen molar-refractivity contribution in [3.05, 3.63) is 70.7 Å². The molecule has 9 nitrogen and oxygen atoms in total. The third-order valence-corrected chi connectivity index (χ3v) is 8.01. The number of rotatable bonds is 12. The number of amides is 3. The number of ether oxygens (including phenoxy) is 2. The Morgan fingerprint density at radius 2 is 1.72 bits per heavy atom. The Morgan fingerprint density at radius 3 is 2.28 bits per heavy atom. The molecule has 3 N–H and O–H groups in total. The summed E-state index contributed by atoms with van der Waals surface area (Å²) in [6, 6.07) is 14.7. The monoisotopic (exact) mass is 613 g/mol. The molecule has 1 aliphatic heterocycles. The number of methoxy groups -OCH3 is 1. The molecule has 4 unspecified atom stereocenters. The van der Waals surface area contributed by atoms with Gasteiger partial charge in [0.05, 0.1) is 7.11 Å². The van der Waals surface area contributed by atoms with Crippen molar-refractivity contribution in [2.45, 2.75) is 89.9 Å². The first-order valence-electron chi connectivity index (χ1n) is 14.6. The molecule has 0 aromatic heterocycles. The normalized spacial score (nSPS) is 18.3. The van der Waals surface area contributed by atoms with Crippen LogP contribution in [0.3, 0.4) is 0 Å². The summed E-state index contributed by atoms with van der Waals surface area (Å²) in [5.41, 5.74) is 0.547. The van der Waals surface area contributed by atoms with Crippen LogP contribution in [0.4, 0.5) is 4.79 Å². The van der Waals surface area contributed by atoms with Gasteiger partial charge in [0.25, 0.3) is 0 Å². The summed E-state index contributed by atoms with van der Waals surface area (Å²) in [4.78, 5) is 52.2. The van der Waals surface area contributed by atoms with Gasteiger partial charge in [0.15, 0.2) is 0 Å². The molecule has 1 aliphatic rings. The van der Waals surface area contributed by atoms with E-state index < -0.39 is 53.0 Å². The van der Waals surface area contributed by atoms with Crippen molar-refractivity contribution in [2.75, 3.05) is 7.11 Å². The van der Waals surface area contributed by atoms with Gasteiger partial charge in [0.1, 0.15) is 18.2 Å². The number of halogens is 1. The summed E-state index contributed by atoms with van der Waals surface area (Å²) < 4.78 is 11.0. The molecule has 0 spiro atoms. The quantitative estimate of drug-likeness (QED) is 0.273. The van der Waals surface area contributed by atoms with Crippen molar-refractivity contribution in [1.29, 1.82) is 0 Å². The Kier molecular flexibility index (Phi) is 11.2. The predicted molar refractivity (Wildman–Crippen MR) is 165 cm³/mol. The number of benzene rings is 2. The summed E-state index contributed by atoms with van der Waals surface area (Å²) in [6.45, 7) is 11.6. The van der Waals surface area contributed by atoms with Gasteiger partial charge < -0.3 is 25.4 Å². The average Bonchev–Trinajstić information content (AvgIpc) is 3.20. The Morgan fingerprint density at radius 1 is 1.05 bits per heavy atom. The highest BCUT2D eigenvalue weighted by molar-refractivity contribution is 6.30. The van der Waals surface area contributed by atoms with E-state index in [1.807, 2.05) is 90.1 Å². The molecule has 3 amide bonds. The fourth-order valence-corrected chi connectivity index (χ4v) is 5.78. The number of hydrogen-bond acceptors (Lipinski definition) is 6. The molecule has 0 radical (unpaired) electrons. The number of hydrogen-bond donors (Lipinski definition) is 3. The maximum atomic E-state index is 13.5. The van der Waals surface area contributed by atoms with E-state index in [4.69, 9.17) is 21.1 Å². The molecular formula is C33H44ClN3O6. The smallest absolute Gasteiger partial charge is 0.408 e. The Hall–Kier alpha value is -3.59. The van der Waals surface area contributed by atoms with Gasteiger partial charge in [0.2, 0.25) is 11.8 Å². The van der Waals surface area contributed by atoms with Crippen molar-refractivity contribution in [3.63, 3.8) is 0 Å². The molecular weight excluding hydrogens is 570 g/mol. The minimum absolute atomic E-state index is 0.0295. The summed E-state index contributed by atoms with van der Waals surface area (Å²) >= 11 is 6.29. The van der Waals surface area contributed by atoms with E-state index in [2.05, 4.69) is 16.0 Å². The third kappa shape index (κ3) is 9.20. The first-order valence-corrected chi connectivity index (χ1v) is 15.0. The lowest BCUT2D eigenvalue weighted by Crippen LogP contribution is -2.53. The van der Waals surface area contributed by atoms with Crippen molar-refractivity contribution in [2.24, 2.45) is 11.8 Å². The second-order valence-corrected chi connectivity index (χ2v) is 13.3. The van der Waals surface area contributed by atoms with Crippen LogP contribution in [0.1, 0.15) is 78.0 Å². The van der Waals surface area contributed by atoms with Crippen LogP contribution in [0, 0.1) is 11.8 Å². The van der Waals surface area contributed by atoms with Gasteiger partial charge in [-0.3, -0.25) is 9.59 Å². The SMILES string of the molecule is COC(=O)C(CC1CC(C)(C)NC1=O)NC(=O)C(CC(C)C)NC(=O)OC(c1ccccc1)C(C)(C)c1cccc(Cl)c1. The Bertz CT molecular complexity index is 1300. The highest BCUT2D eigenvalue weighted by Gasteiger charge is 2.41. The zero-order valence-corrected chi connectivity index (χ0v) is 26.8. The topological polar surface area (TPSA) is 123 Å². The van der Waals surface area contributed by atoms with Gasteiger partial charge in [-0.05, 0) is 62.3 Å². The first kappa shape index (κ1) is 33.9. The largest absolute Gasteiger partial charge is 0.467 e. The van der Waals surface area contributed by atoms with Gasteiger partial charge >= 0.3 is 12.1 Å². The molecule has 1 saturated heterocycles. The number of carbonyl (C=O) groups is 4. The van der Waals surface area contributed by atoms with Crippen LogP contribution in [-0.4, -0.2) is 48.6 Å². The summed E-state index contributed by atoms with van der Waals surface area (Å²) in [5.74, 6) is -1.85. The molecule has 1 fully saturated rings. The van der Waals surface area contributed by atoms with E-state index in [1.54, 1.807) is 6.07 Å². The van der Waals surface area contributed by atoms with Crippen molar-refractivity contribution < 1.29 is 28.7 Å². The summed E-state index contributed by atoms with van der Waals surface area (Å²) in [6.07, 6.45) is -0.618. The molecule has 43 heavy (non-hydrogen) atoms. The second kappa shape index (κ2) is 14.3. The van der Waals surface area contributed by atoms with Crippen molar-refractivity contribution >= 4 is 35.5 Å². The van der Waals surface area contributed by atoms with Crippen molar-refractivity contribution in [3.8, 4) is 0 Å². The van der Waals surface area contributed by atoms with Gasteiger partial charge in [-0.2, -0.15) is 0 Å². The fraction of sp³-hybridized carbons (Fsp3) is 0.515. The molecule has 4 atom stereocenters. The van der Waals surface area contributed by atoms with E-state index >= 15 is 0 Å². The maximum Gasteiger partial charge on any atom is 0.408 e. The molecule has 2 aromatic carbocycles. The van der Waals surface area contributed by atoms with Crippen LogP contribution in [-0.2, 0) is 29.3 Å². The molecule has 234 valence electrons. The molecule has 0 saturated carbocycles. The van der Waals surface area contributed by atoms with Crippen LogP contribution < -0.4 is 16.0 Å². The average molecular weight is 614 g/mol. The molecule has 3 rings (SSSR count).